The molecule has 0 spiro atoms. The van der Waals surface area contributed by atoms with Gasteiger partial charge in [0.25, 0.3) is 0 Å². The van der Waals surface area contributed by atoms with E-state index in [1.807, 2.05) is 19.1 Å². The maximum atomic E-state index is 5.98. The number of furan rings is 1. The Morgan fingerprint density at radius 3 is 3.00 bits per heavy atom. The lowest BCUT2D eigenvalue weighted by Gasteiger charge is -2.08. The van der Waals surface area contributed by atoms with Crippen molar-refractivity contribution in [2.24, 2.45) is 0 Å². The Hall–Kier alpha value is -1.55. The lowest BCUT2D eigenvalue weighted by Crippen LogP contribution is -2.04. The molecule has 16 heavy (non-hydrogen) atoms. The fourth-order valence-corrected chi connectivity index (χ4v) is 1.71. The maximum absolute atomic E-state index is 5.98. The Morgan fingerprint density at radius 2 is 2.31 bits per heavy atom. The summed E-state index contributed by atoms with van der Waals surface area (Å²) in [4.78, 5) is 8.11. The number of hydrogen-bond donors (Lipinski definition) is 1. The summed E-state index contributed by atoms with van der Waals surface area (Å²) in [6.45, 7) is 2.61. The van der Waals surface area contributed by atoms with Crippen LogP contribution >= 0.6 is 11.6 Å². The van der Waals surface area contributed by atoms with Crippen LogP contribution in [0.15, 0.2) is 29.1 Å². The molecule has 0 atom stereocenters. The third kappa shape index (κ3) is 2.33. The predicted octanol–water partition coefficient (Wildman–Crippen LogP) is 2.90. The highest BCUT2D eigenvalue weighted by Crippen LogP contribution is 2.20. The molecule has 0 amide bonds. The van der Waals surface area contributed by atoms with Crippen LogP contribution in [-0.4, -0.2) is 9.97 Å². The number of aromatic nitrogens is 2. The number of hydrogen-bond acceptors (Lipinski definition) is 4. The van der Waals surface area contributed by atoms with Gasteiger partial charge in [-0.1, -0.05) is 18.5 Å². The van der Waals surface area contributed by atoms with Gasteiger partial charge in [0.2, 0.25) is 0 Å². The topological polar surface area (TPSA) is 51.0 Å². The quantitative estimate of drug-likeness (QED) is 0.831. The largest absolute Gasteiger partial charge is 0.467 e. The molecule has 4 nitrogen and oxygen atoms in total. The average molecular weight is 238 g/mol. The predicted molar refractivity (Wildman–Crippen MR) is 62.5 cm³/mol. The molecule has 0 saturated heterocycles. The fraction of sp³-hybridized carbons (Fsp3) is 0.273. The van der Waals surface area contributed by atoms with Crippen molar-refractivity contribution in [2.75, 3.05) is 5.32 Å². The van der Waals surface area contributed by atoms with E-state index >= 15 is 0 Å². The minimum atomic E-state index is 0.499. The van der Waals surface area contributed by atoms with Crippen molar-refractivity contribution >= 4 is 17.4 Å². The first kappa shape index (κ1) is 11.0. The molecule has 0 aromatic carbocycles. The second kappa shape index (κ2) is 4.99. The molecule has 84 valence electrons. The number of halogens is 1. The summed E-state index contributed by atoms with van der Waals surface area (Å²) >= 11 is 5.98. The molecule has 1 N–H and O–H groups in total. The second-order valence-corrected chi connectivity index (χ2v) is 3.64. The number of nitrogens with zero attached hydrogens (tertiary/aromatic N) is 2. The van der Waals surface area contributed by atoms with Gasteiger partial charge in [0.05, 0.1) is 12.8 Å². The molecule has 0 aliphatic rings. The zero-order valence-corrected chi connectivity index (χ0v) is 9.66. The van der Waals surface area contributed by atoms with Crippen molar-refractivity contribution in [1.82, 2.24) is 9.97 Å². The molecule has 0 unspecified atom stereocenters. The van der Waals surface area contributed by atoms with Gasteiger partial charge in [-0.2, -0.15) is 0 Å². The van der Waals surface area contributed by atoms with Crippen LogP contribution in [0.4, 0.5) is 5.82 Å². The first-order valence-electron chi connectivity index (χ1n) is 5.07. The normalized spacial score (nSPS) is 10.4. The Labute approximate surface area is 98.7 Å². The van der Waals surface area contributed by atoms with E-state index in [0.717, 1.165) is 23.6 Å². The van der Waals surface area contributed by atoms with Crippen LogP contribution in [0.5, 0.6) is 0 Å². The summed E-state index contributed by atoms with van der Waals surface area (Å²) < 4.78 is 5.22. The first-order chi connectivity index (χ1) is 7.81. The van der Waals surface area contributed by atoms with Crippen LogP contribution in [-0.2, 0) is 13.0 Å². The van der Waals surface area contributed by atoms with Crippen molar-refractivity contribution < 1.29 is 4.42 Å². The summed E-state index contributed by atoms with van der Waals surface area (Å²) in [5.41, 5.74) is 0.927. The summed E-state index contributed by atoms with van der Waals surface area (Å²) in [5.74, 6) is 1.62. The number of nitrogens with one attached hydrogen (secondary N) is 1. The first-order valence-corrected chi connectivity index (χ1v) is 5.44. The summed E-state index contributed by atoms with van der Waals surface area (Å²) in [5, 5.41) is 3.68. The van der Waals surface area contributed by atoms with Crippen LogP contribution in [0.25, 0.3) is 0 Å². The van der Waals surface area contributed by atoms with E-state index in [0.29, 0.717) is 11.7 Å². The number of anilines is 1. The zero-order chi connectivity index (χ0) is 11.4. The monoisotopic (exact) mass is 237 g/mol. The zero-order valence-electron chi connectivity index (χ0n) is 8.90. The van der Waals surface area contributed by atoms with E-state index in [2.05, 4.69) is 15.3 Å². The van der Waals surface area contributed by atoms with E-state index in [-0.39, 0.29) is 0 Å². The highest BCUT2D eigenvalue weighted by Gasteiger charge is 2.07. The van der Waals surface area contributed by atoms with E-state index < -0.39 is 0 Å². The van der Waals surface area contributed by atoms with Crippen molar-refractivity contribution in [1.29, 1.82) is 0 Å². The van der Waals surface area contributed by atoms with Gasteiger partial charge in [0.15, 0.2) is 0 Å². The van der Waals surface area contributed by atoms with Gasteiger partial charge in [0.1, 0.15) is 23.1 Å². The van der Waals surface area contributed by atoms with Crippen LogP contribution in [0.2, 0.25) is 5.15 Å². The van der Waals surface area contributed by atoms with Crippen LogP contribution in [0.3, 0.4) is 0 Å². The third-order valence-corrected chi connectivity index (χ3v) is 2.58. The SMILES string of the molecule is CCc1c(Cl)ncnc1NCc1ccco1. The molecule has 0 bridgehead atoms. The molecule has 2 heterocycles. The number of rotatable bonds is 4. The van der Waals surface area contributed by atoms with E-state index in [4.69, 9.17) is 16.0 Å². The molecule has 0 radical (unpaired) electrons. The van der Waals surface area contributed by atoms with Crippen molar-refractivity contribution in [2.45, 2.75) is 19.9 Å². The second-order valence-electron chi connectivity index (χ2n) is 3.28. The molecular formula is C11H12ClN3O. The van der Waals surface area contributed by atoms with Crippen LogP contribution in [0, 0.1) is 0 Å². The summed E-state index contributed by atoms with van der Waals surface area (Å²) in [6, 6.07) is 3.76. The minimum absolute atomic E-state index is 0.499. The van der Waals surface area contributed by atoms with E-state index in [1.54, 1.807) is 6.26 Å². The lowest BCUT2D eigenvalue weighted by molar-refractivity contribution is 0.517. The minimum Gasteiger partial charge on any atom is -0.467 e. The van der Waals surface area contributed by atoms with Gasteiger partial charge in [0, 0.05) is 5.56 Å². The van der Waals surface area contributed by atoms with E-state index in [1.165, 1.54) is 6.33 Å². The maximum Gasteiger partial charge on any atom is 0.137 e. The van der Waals surface area contributed by atoms with Crippen LogP contribution < -0.4 is 5.32 Å². The van der Waals surface area contributed by atoms with Gasteiger partial charge < -0.3 is 9.73 Å². The molecular weight excluding hydrogens is 226 g/mol. The Balaban J connectivity index is 2.12. The highest BCUT2D eigenvalue weighted by molar-refractivity contribution is 6.30. The molecule has 0 aliphatic carbocycles. The third-order valence-electron chi connectivity index (χ3n) is 2.26. The molecule has 0 saturated carbocycles. The van der Waals surface area contributed by atoms with E-state index in [9.17, 15) is 0 Å². The Kier molecular flexibility index (Phi) is 3.41. The Bertz CT molecular complexity index is 456. The molecule has 2 rings (SSSR count). The molecule has 2 aromatic rings. The highest BCUT2D eigenvalue weighted by atomic mass is 35.5. The van der Waals surface area contributed by atoms with Crippen molar-refractivity contribution in [3.8, 4) is 0 Å². The summed E-state index contributed by atoms with van der Waals surface area (Å²) in [6.07, 6.45) is 3.89. The molecule has 5 heteroatoms. The van der Waals surface area contributed by atoms with Crippen LogP contribution in [0.1, 0.15) is 18.2 Å². The van der Waals surface area contributed by atoms with Crippen molar-refractivity contribution in [3.63, 3.8) is 0 Å². The van der Waals surface area contributed by atoms with Gasteiger partial charge in [-0.3, -0.25) is 0 Å². The molecule has 2 aromatic heterocycles. The summed E-state index contributed by atoms with van der Waals surface area (Å²) in [7, 11) is 0. The standard InChI is InChI=1S/C11H12ClN3O/c1-2-9-10(12)14-7-15-11(9)13-6-8-4-3-5-16-8/h3-5,7H,2,6H2,1H3,(H,13,14,15). The van der Waals surface area contributed by atoms with Gasteiger partial charge in [-0.05, 0) is 18.6 Å². The van der Waals surface area contributed by atoms with Gasteiger partial charge >= 0.3 is 0 Å². The van der Waals surface area contributed by atoms with Gasteiger partial charge in [-0.15, -0.1) is 0 Å². The molecule has 0 fully saturated rings. The smallest absolute Gasteiger partial charge is 0.137 e. The molecule has 0 aliphatic heterocycles. The Morgan fingerprint density at radius 1 is 1.44 bits per heavy atom. The fourth-order valence-electron chi connectivity index (χ4n) is 1.44. The van der Waals surface area contributed by atoms with Gasteiger partial charge in [-0.25, -0.2) is 9.97 Å². The van der Waals surface area contributed by atoms with Crippen molar-refractivity contribution in [3.05, 3.63) is 41.2 Å². The lowest BCUT2D eigenvalue weighted by atomic mass is 10.2. The average Bonchev–Trinajstić information content (AvgIpc) is 2.79.